The van der Waals surface area contributed by atoms with Gasteiger partial charge in [-0.1, -0.05) is 48.5 Å². The molecule has 1 atom stereocenters. The zero-order chi connectivity index (χ0) is 18.4. The highest BCUT2D eigenvalue weighted by Gasteiger charge is 2.15. The fourth-order valence-electron chi connectivity index (χ4n) is 3.25. The molecule has 0 spiro atoms. The van der Waals surface area contributed by atoms with E-state index in [0.29, 0.717) is 12.2 Å². The van der Waals surface area contributed by atoms with Crippen LogP contribution in [0.5, 0.6) is 5.75 Å². The van der Waals surface area contributed by atoms with Crippen molar-refractivity contribution in [3.63, 3.8) is 0 Å². The van der Waals surface area contributed by atoms with E-state index in [1.165, 1.54) is 5.57 Å². The van der Waals surface area contributed by atoms with Crippen molar-refractivity contribution in [2.24, 2.45) is 0 Å². The molecule has 1 unspecified atom stereocenters. The van der Waals surface area contributed by atoms with Crippen LogP contribution in [0.25, 0.3) is 5.57 Å². The molecule has 0 fully saturated rings. The summed E-state index contributed by atoms with van der Waals surface area (Å²) in [6, 6.07) is 17.4. The fraction of sp³-hybridized carbons (Fsp3) is 0.318. The standard InChI is InChI=1S/C22H26N2O2/c1-17(18-5-3-2-4-6-18)23-22(26)13-16-24-14-11-20(12-15-24)19-7-9-21(25)10-8-19/h2-11,17,25H,12-16H2,1H3,(H,23,26). The van der Waals surface area contributed by atoms with Crippen LogP contribution < -0.4 is 5.32 Å². The largest absolute Gasteiger partial charge is 0.508 e. The Balaban J connectivity index is 1.44. The average Bonchev–Trinajstić information content (AvgIpc) is 2.68. The number of amides is 1. The van der Waals surface area contributed by atoms with E-state index in [4.69, 9.17) is 0 Å². The first-order valence-corrected chi connectivity index (χ1v) is 9.17. The van der Waals surface area contributed by atoms with Crippen molar-refractivity contribution in [1.82, 2.24) is 10.2 Å². The smallest absolute Gasteiger partial charge is 0.221 e. The Morgan fingerprint density at radius 2 is 1.88 bits per heavy atom. The predicted molar refractivity (Wildman–Crippen MR) is 105 cm³/mol. The maximum Gasteiger partial charge on any atom is 0.221 e. The molecular weight excluding hydrogens is 324 g/mol. The topological polar surface area (TPSA) is 52.6 Å². The van der Waals surface area contributed by atoms with E-state index in [-0.39, 0.29) is 11.9 Å². The molecule has 4 heteroatoms. The summed E-state index contributed by atoms with van der Waals surface area (Å²) in [5.74, 6) is 0.386. The van der Waals surface area contributed by atoms with Crippen LogP contribution >= 0.6 is 0 Å². The van der Waals surface area contributed by atoms with E-state index in [1.807, 2.05) is 49.4 Å². The number of benzene rings is 2. The number of nitrogens with zero attached hydrogens (tertiary/aromatic N) is 1. The third kappa shape index (κ3) is 4.96. The normalized spacial score (nSPS) is 16.0. The maximum atomic E-state index is 12.2. The van der Waals surface area contributed by atoms with Gasteiger partial charge in [0.1, 0.15) is 5.75 Å². The van der Waals surface area contributed by atoms with Gasteiger partial charge < -0.3 is 10.4 Å². The zero-order valence-corrected chi connectivity index (χ0v) is 15.2. The lowest BCUT2D eigenvalue weighted by Crippen LogP contribution is -2.34. The summed E-state index contributed by atoms with van der Waals surface area (Å²) in [6.07, 6.45) is 3.70. The summed E-state index contributed by atoms with van der Waals surface area (Å²) in [4.78, 5) is 14.5. The van der Waals surface area contributed by atoms with Crippen LogP contribution in [0.1, 0.15) is 36.9 Å². The van der Waals surface area contributed by atoms with Crippen molar-refractivity contribution in [3.8, 4) is 5.75 Å². The van der Waals surface area contributed by atoms with Crippen LogP contribution in [0.2, 0.25) is 0 Å². The number of phenolic OH excluding ortho intramolecular Hbond substituents is 1. The molecule has 136 valence electrons. The summed E-state index contributed by atoms with van der Waals surface area (Å²) in [5, 5.41) is 12.5. The van der Waals surface area contributed by atoms with Gasteiger partial charge in [-0.15, -0.1) is 0 Å². The molecule has 0 aliphatic carbocycles. The Hall–Kier alpha value is -2.59. The Morgan fingerprint density at radius 1 is 1.15 bits per heavy atom. The van der Waals surface area contributed by atoms with Gasteiger partial charge in [0.2, 0.25) is 5.91 Å². The second kappa shape index (κ2) is 8.68. The molecule has 1 heterocycles. The van der Waals surface area contributed by atoms with Crippen molar-refractivity contribution >= 4 is 11.5 Å². The highest BCUT2D eigenvalue weighted by molar-refractivity contribution is 5.76. The maximum absolute atomic E-state index is 12.2. The molecule has 26 heavy (non-hydrogen) atoms. The molecule has 1 amide bonds. The molecule has 1 aliphatic heterocycles. The van der Waals surface area contributed by atoms with Crippen LogP contribution in [0.4, 0.5) is 0 Å². The molecule has 0 bridgehead atoms. The molecule has 3 rings (SSSR count). The molecule has 1 aliphatic rings. The number of carbonyl (C=O) groups excluding carboxylic acids is 1. The number of aromatic hydroxyl groups is 1. The van der Waals surface area contributed by atoms with Gasteiger partial charge in [-0.3, -0.25) is 9.69 Å². The molecule has 4 nitrogen and oxygen atoms in total. The quantitative estimate of drug-likeness (QED) is 0.834. The van der Waals surface area contributed by atoms with E-state index in [1.54, 1.807) is 12.1 Å². The number of carbonyl (C=O) groups is 1. The molecule has 2 N–H and O–H groups in total. The van der Waals surface area contributed by atoms with Gasteiger partial charge >= 0.3 is 0 Å². The van der Waals surface area contributed by atoms with Gasteiger partial charge in [0.15, 0.2) is 0 Å². The second-order valence-corrected chi connectivity index (χ2v) is 6.78. The molecule has 2 aromatic rings. The zero-order valence-electron chi connectivity index (χ0n) is 15.2. The van der Waals surface area contributed by atoms with Gasteiger partial charge in [-0.2, -0.15) is 0 Å². The first kappa shape index (κ1) is 18.2. The lowest BCUT2D eigenvalue weighted by atomic mass is 9.99. The Bertz CT molecular complexity index is 753. The number of hydrogen-bond donors (Lipinski definition) is 2. The molecule has 0 saturated carbocycles. The summed E-state index contributed by atoms with van der Waals surface area (Å²) in [6.45, 7) is 4.60. The molecule has 0 saturated heterocycles. The van der Waals surface area contributed by atoms with Gasteiger partial charge in [0.05, 0.1) is 6.04 Å². The summed E-state index contributed by atoms with van der Waals surface area (Å²) in [5.41, 5.74) is 3.60. The SMILES string of the molecule is CC(NC(=O)CCN1CC=C(c2ccc(O)cc2)CC1)c1ccccc1. The minimum atomic E-state index is 0.0334. The van der Waals surface area contributed by atoms with Gasteiger partial charge in [-0.25, -0.2) is 0 Å². The lowest BCUT2D eigenvalue weighted by molar-refractivity contribution is -0.122. The molecule has 2 aromatic carbocycles. The van der Waals surface area contributed by atoms with Crippen LogP contribution in [0.15, 0.2) is 60.7 Å². The third-order valence-corrected chi connectivity index (χ3v) is 4.86. The summed E-state index contributed by atoms with van der Waals surface area (Å²) in [7, 11) is 0. The lowest BCUT2D eigenvalue weighted by Gasteiger charge is -2.26. The number of rotatable bonds is 6. The minimum Gasteiger partial charge on any atom is -0.508 e. The highest BCUT2D eigenvalue weighted by Crippen LogP contribution is 2.24. The van der Waals surface area contributed by atoms with E-state index in [2.05, 4.69) is 16.3 Å². The first-order valence-electron chi connectivity index (χ1n) is 9.17. The van der Waals surface area contributed by atoms with E-state index in [0.717, 1.165) is 37.2 Å². The third-order valence-electron chi connectivity index (χ3n) is 4.86. The monoisotopic (exact) mass is 350 g/mol. The van der Waals surface area contributed by atoms with E-state index < -0.39 is 0 Å². The molecular formula is C22H26N2O2. The van der Waals surface area contributed by atoms with Crippen LogP contribution in [0, 0.1) is 0 Å². The van der Waals surface area contributed by atoms with E-state index in [9.17, 15) is 9.90 Å². The van der Waals surface area contributed by atoms with Crippen molar-refractivity contribution in [2.75, 3.05) is 19.6 Å². The predicted octanol–water partition coefficient (Wildman–Crippen LogP) is 3.75. The van der Waals surface area contributed by atoms with Crippen molar-refractivity contribution in [2.45, 2.75) is 25.8 Å². The van der Waals surface area contributed by atoms with Crippen molar-refractivity contribution < 1.29 is 9.90 Å². The van der Waals surface area contributed by atoms with Crippen molar-refractivity contribution in [3.05, 3.63) is 71.8 Å². The average molecular weight is 350 g/mol. The fourth-order valence-corrected chi connectivity index (χ4v) is 3.25. The number of nitrogens with one attached hydrogen (secondary N) is 1. The summed E-state index contributed by atoms with van der Waals surface area (Å²) < 4.78 is 0. The van der Waals surface area contributed by atoms with Gasteiger partial charge in [0.25, 0.3) is 0 Å². The second-order valence-electron chi connectivity index (χ2n) is 6.78. The Labute approximate surface area is 155 Å². The van der Waals surface area contributed by atoms with Crippen molar-refractivity contribution in [1.29, 1.82) is 0 Å². The van der Waals surface area contributed by atoms with Crippen LogP contribution in [-0.2, 0) is 4.79 Å². The van der Waals surface area contributed by atoms with Gasteiger partial charge in [-0.05, 0) is 42.2 Å². The summed E-state index contributed by atoms with van der Waals surface area (Å²) >= 11 is 0. The molecule has 0 radical (unpaired) electrons. The number of phenols is 1. The van der Waals surface area contributed by atoms with E-state index >= 15 is 0 Å². The minimum absolute atomic E-state index is 0.0334. The number of hydrogen-bond acceptors (Lipinski definition) is 3. The van der Waals surface area contributed by atoms with Crippen LogP contribution in [-0.4, -0.2) is 35.5 Å². The Kier molecular flexibility index (Phi) is 6.08. The van der Waals surface area contributed by atoms with Crippen LogP contribution in [0.3, 0.4) is 0 Å². The Morgan fingerprint density at radius 3 is 2.54 bits per heavy atom. The van der Waals surface area contributed by atoms with Gasteiger partial charge in [0, 0.05) is 26.1 Å². The first-order chi connectivity index (χ1) is 12.6. The molecule has 0 aromatic heterocycles. The highest BCUT2D eigenvalue weighted by atomic mass is 16.3.